The average molecular weight is 288 g/mol. The molecule has 0 atom stereocenters. The molecule has 0 aliphatic carbocycles. The van der Waals surface area contributed by atoms with E-state index in [1.165, 1.54) is 56.4 Å². The monoisotopic (exact) mass is 288 g/mol. The topological polar surface area (TPSA) is 15.3 Å². The van der Waals surface area contributed by atoms with Crippen LogP contribution in [0.25, 0.3) is 0 Å². The molecule has 0 radical (unpaired) electrons. The van der Waals surface area contributed by atoms with E-state index in [9.17, 15) is 0 Å². The number of aryl methyl sites for hydroxylation is 1. The Morgan fingerprint density at radius 2 is 1.81 bits per heavy atom. The van der Waals surface area contributed by atoms with Crippen molar-refractivity contribution in [3.63, 3.8) is 0 Å². The van der Waals surface area contributed by atoms with Gasteiger partial charge in [0, 0.05) is 19.1 Å². The van der Waals surface area contributed by atoms with Crippen molar-refractivity contribution < 1.29 is 0 Å². The zero-order valence-corrected chi connectivity index (χ0v) is 14.1. The van der Waals surface area contributed by atoms with Crippen molar-refractivity contribution in [3.05, 3.63) is 35.4 Å². The highest BCUT2D eigenvalue weighted by Crippen LogP contribution is 2.21. The Labute approximate surface area is 130 Å². The molecule has 0 unspecified atom stereocenters. The molecule has 1 aliphatic heterocycles. The molecule has 1 saturated heterocycles. The summed E-state index contributed by atoms with van der Waals surface area (Å²) in [6.07, 6.45) is 5.19. The molecular formula is C19H32N2. The number of nitrogens with one attached hydrogen (secondary N) is 1. The smallest absolute Gasteiger partial charge is 0.0239 e. The minimum Gasteiger partial charge on any atom is -0.317 e. The minimum atomic E-state index is 0.756. The number of benzene rings is 1. The third-order valence-corrected chi connectivity index (χ3v) is 5.11. The fourth-order valence-electron chi connectivity index (χ4n) is 3.40. The van der Waals surface area contributed by atoms with Gasteiger partial charge in [-0.05, 0) is 49.9 Å². The van der Waals surface area contributed by atoms with Crippen molar-refractivity contribution in [1.82, 2.24) is 10.2 Å². The van der Waals surface area contributed by atoms with Crippen molar-refractivity contribution in [1.29, 1.82) is 0 Å². The Balaban J connectivity index is 2.08. The zero-order valence-electron chi connectivity index (χ0n) is 14.1. The van der Waals surface area contributed by atoms with Crippen LogP contribution in [0.3, 0.4) is 0 Å². The summed E-state index contributed by atoms with van der Waals surface area (Å²) in [4.78, 5) is 2.76. The van der Waals surface area contributed by atoms with Gasteiger partial charge in [-0.25, -0.2) is 0 Å². The molecule has 2 heteroatoms. The quantitative estimate of drug-likeness (QED) is 0.816. The normalized spacial score (nSPS) is 16.8. The number of piperidine rings is 1. The van der Waals surface area contributed by atoms with Crippen LogP contribution in [0, 0.1) is 12.8 Å². The van der Waals surface area contributed by atoms with Gasteiger partial charge in [-0.15, -0.1) is 0 Å². The Hall–Kier alpha value is -0.860. The van der Waals surface area contributed by atoms with E-state index in [1.54, 1.807) is 0 Å². The van der Waals surface area contributed by atoms with E-state index in [0.29, 0.717) is 0 Å². The SMILES string of the molecule is CCC(CC)CN(Cc1ccccc1C)C1CCNCC1. The summed E-state index contributed by atoms with van der Waals surface area (Å²) in [6.45, 7) is 11.6. The lowest BCUT2D eigenvalue weighted by atomic mass is 9.97. The van der Waals surface area contributed by atoms with Crippen molar-refractivity contribution in [2.24, 2.45) is 5.92 Å². The summed E-state index contributed by atoms with van der Waals surface area (Å²) in [5.41, 5.74) is 2.93. The van der Waals surface area contributed by atoms with Crippen molar-refractivity contribution in [2.45, 2.75) is 59.0 Å². The van der Waals surface area contributed by atoms with E-state index in [2.05, 4.69) is 55.3 Å². The molecule has 0 spiro atoms. The minimum absolute atomic E-state index is 0.756. The van der Waals surface area contributed by atoms with Crippen LogP contribution in [0.4, 0.5) is 0 Å². The molecule has 21 heavy (non-hydrogen) atoms. The standard InChI is InChI=1S/C19H32N2/c1-4-17(5-2)14-21(19-10-12-20-13-11-19)15-18-9-7-6-8-16(18)3/h6-9,17,19-20H,4-5,10-15H2,1-3H3. The summed E-state index contributed by atoms with van der Waals surface area (Å²) in [7, 11) is 0. The summed E-state index contributed by atoms with van der Waals surface area (Å²) in [6, 6.07) is 9.63. The number of nitrogens with zero attached hydrogens (tertiary/aromatic N) is 1. The molecule has 2 rings (SSSR count). The van der Waals surface area contributed by atoms with Gasteiger partial charge in [-0.1, -0.05) is 51.0 Å². The fraction of sp³-hybridized carbons (Fsp3) is 0.684. The van der Waals surface area contributed by atoms with Crippen LogP contribution < -0.4 is 5.32 Å². The first kappa shape index (κ1) is 16.5. The molecule has 2 nitrogen and oxygen atoms in total. The van der Waals surface area contributed by atoms with Gasteiger partial charge >= 0.3 is 0 Å². The van der Waals surface area contributed by atoms with Gasteiger partial charge in [-0.3, -0.25) is 4.90 Å². The molecule has 0 bridgehead atoms. The maximum atomic E-state index is 3.50. The summed E-state index contributed by atoms with van der Waals surface area (Å²) in [5, 5.41) is 3.50. The highest BCUT2D eigenvalue weighted by atomic mass is 15.2. The van der Waals surface area contributed by atoms with E-state index in [-0.39, 0.29) is 0 Å². The highest BCUT2D eigenvalue weighted by molar-refractivity contribution is 5.25. The van der Waals surface area contributed by atoms with Gasteiger partial charge < -0.3 is 5.32 Å². The van der Waals surface area contributed by atoms with Gasteiger partial charge in [0.2, 0.25) is 0 Å². The molecule has 1 fully saturated rings. The number of rotatable bonds is 7. The van der Waals surface area contributed by atoms with Gasteiger partial charge in [0.05, 0.1) is 0 Å². The molecule has 1 N–H and O–H groups in total. The van der Waals surface area contributed by atoms with Crippen molar-refractivity contribution in [3.8, 4) is 0 Å². The van der Waals surface area contributed by atoms with E-state index in [1.807, 2.05) is 0 Å². The second-order valence-electron chi connectivity index (χ2n) is 6.52. The molecule has 1 aromatic carbocycles. The predicted octanol–water partition coefficient (Wildman–Crippen LogP) is 3.99. The largest absolute Gasteiger partial charge is 0.317 e. The summed E-state index contributed by atoms with van der Waals surface area (Å²) >= 11 is 0. The van der Waals surface area contributed by atoms with E-state index in [4.69, 9.17) is 0 Å². The fourth-order valence-corrected chi connectivity index (χ4v) is 3.40. The first-order chi connectivity index (χ1) is 10.2. The van der Waals surface area contributed by atoms with Gasteiger partial charge in [0.15, 0.2) is 0 Å². The number of hydrogen-bond acceptors (Lipinski definition) is 2. The van der Waals surface area contributed by atoms with Gasteiger partial charge in [-0.2, -0.15) is 0 Å². The second-order valence-corrected chi connectivity index (χ2v) is 6.52. The van der Waals surface area contributed by atoms with Crippen molar-refractivity contribution >= 4 is 0 Å². The predicted molar refractivity (Wildman–Crippen MR) is 91.6 cm³/mol. The maximum absolute atomic E-state index is 3.50. The first-order valence-corrected chi connectivity index (χ1v) is 8.73. The summed E-state index contributed by atoms with van der Waals surface area (Å²) < 4.78 is 0. The van der Waals surface area contributed by atoms with Gasteiger partial charge in [0.1, 0.15) is 0 Å². The number of hydrogen-bond donors (Lipinski definition) is 1. The first-order valence-electron chi connectivity index (χ1n) is 8.73. The Bertz CT molecular complexity index is 406. The van der Waals surface area contributed by atoms with Crippen LogP contribution in [-0.2, 0) is 6.54 Å². The molecule has 118 valence electrons. The third-order valence-electron chi connectivity index (χ3n) is 5.11. The highest BCUT2D eigenvalue weighted by Gasteiger charge is 2.23. The Kier molecular flexibility index (Phi) is 6.72. The van der Waals surface area contributed by atoms with Crippen LogP contribution in [-0.4, -0.2) is 30.6 Å². The van der Waals surface area contributed by atoms with Crippen LogP contribution in [0.15, 0.2) is 24.3 Å². The molecule has 1 heterocycles. The second kappa shape index (κ2) is 8.55. The molecular weight excluding hydrogens is 256 g/mol. The lowest BCUT2D eigenvalue weighted by molar-refractivity contribution is 0.127. The molecule has 1 aliphatic rings. The van der Waals surface area contributed by atoms with Crippen LogP contribution in [0.2, 0.25) is 0 Å². The molecule has 0 amide bonds. The van der Waals surface area contributed by atoms with Crippen LogP contribution in [0.1, 0.15) is 50.7 Å². The molecule has 0 aromatic heterocycles. The maximum Gasteiger partial charge on any atom is 0.0239 e. The Morgan fingerprint density at radius 1 is 1.14 bits per heavy atom. The van der Waals surface area contributed by atoms with Gasteiger partial charge in [0.25, 0.3) is 0 Å². The van der Waals surface area contributed by atoms with Crippen LogP contribution in [0.5, 0.6) is 0 Å². The Morgan fingerprint density at radius 3 is 2.43 bits per heavy atom. The average Bonchev–Trinajstić information content (AvgIpc) is 2.54. The lowest BCUT2D eigenvalue weighted by Gasteiger charge is -2.37. The third kappa shape index (κ3) is 4.82. The van der Waals surface area contributed by atoms with E-state index in [0.717, 1.165) is 18.5 Å². The molecule has 0 saturated carbocycles. The van der Waals surface area contributed by atoms with Crippen LogP contribution >= 0.6 is 0 Å². The zero-order chi connectivity index (χ0) is 15.1. The van der Waals surface area contributed by atoms with Crippen molar-refractivity contribution in [2.75, 3.05) is 19.6 Å². The van der Waals surface area contributed by atoms with E-state index < -0.39 is 0 Å². The summed E-state index contributed by atoms with van der Waals surface area (Å²) in [5.74, 6) is 0.837. The van der Waals surface area contributed by atoms with E-state index >= 15 is 0 Å². The molecule has 1 aromatic rings. The lowest BCUT2D eigenvalue weighted by Crippen LogP contribution is -2.44.